The van der Waals surface area contributed by atoms with Crippen LogP contribution in [0.15, 0.2) is 28.2 Å². The number of aliphatic imine (C=N–C) groups is 2. The Labute approximate surface area is 236 Å². The lowest BCUT2D eigenvalue weighted by Gasteiger charge is -2.49. The van der Waals surface area contributed by atoms with Gasteiger partial charge in [0.25, 0.3) is 5.91 Å². The summed E-state index contributed by atoms with van der Waals surface area (Å²) in [6.45, 7) is 6.34. The number of guanidine groups is 2. The molecule has 1 aromatic rings. The summed E-state index contributed by atoms with van der Waals surface area (Å²) in [5.74, 6) is -3.35. The van der Waals surface area contributed by atoms with Gasteiger partial charge in [0.2, 0.25) is 11.7 Å². The molecule has 1 spiro atoms. The summed E-state index contributed by atoms with van der Waals surface area (Å²) in [4.78, 5) is 51.7. The number of imide groups is 1. The molecule has 5 heterocycles. The first-order chi connectivity index (χ1) is 19.3. The van der Waals surface area contributed by atoms with Crippen molar-refractivity contribution >= 4 is 29.8 Å². The number of benzene rings is 1. The summed E-state index contributed by atoms with van der Waals surface area (Å²) in [5, 5.41) is 29.1. The van der Waals surface area contributed by atoms with Crippen LogP contribution in [0.2, 0.25) is 0 Å². The molecule has 0 radical (unpaired) electrons. The van der Waals surface area contributed by atoms with Gasteiger partial charge in [-0.25, -0.2) is 14.8 Å². The van der Waals surface area contributed by atoms with Gasteiger partial charge in [0, 0.05) is 18.7 Å². The van der Waals surface area contributed by atoms with Crippen molar-refractivity contribution in [3.8, 4) is 5.75 Å². The molecular formula is C26H35N9O6. The van der Waals surface area contributed by atoms with Gasteiger partial charge in [0.1, 0.15) is 24.4 Å². The molecule has 1 unspecified atom stereocenters. The summed E-state index contributed by atoms with van der Waals surface area (Å²) < 4.78 is 5.89. The van der Waals surface area contributed by atoms with E-state index in [1.807, 2.05) is 6.07 Å². The molecule has 2 saturated heterocycles. The molecule has 4 atom stereocenters. The third kappa shape index (κ3) is 3.75. The lowest BCUT2D eigenvalue weighted by molar-refractivity contribution is -0.230. The van der Waals surface area contributed by atoms with Gasteiger partial charge in [-0.1, -0.05) is 26.0 Å². The van der Waals surface area contributed by atoms with Crippen LogP contribution in [0.3, 0.4) is 0 Å². The zero-order valence-electron chi connectivity index (χ0n) is 23.1. The molecule has 6 rings (SSSR count). The molecule has 2 fully saturated rings. The second kappa shape index (κ2) is 8.94. The molecule has 5 aliphatic heterocycles. The molecule has 5 aliphatic rings. The number of amides is 4. The maximum Gasteiger partial charge on any atom is 0.327 e. The molecule has 0 saturated carbocycles. The molecule has 8 N–H and O–H groups in total. The fourth-order valence-electron chi connectivity index (χ4n) is 6.63. The largest absolute Gasteiger partial charge is 0.492 e. The maximum absolute atomic E-state index is 13.6. The van der Waals surface area contributed by atoms with Gasteiger partial charge < -0.3 is 46.9 Å². The molecular weight excluding hydrogens is 534 g/mol. The van der Waals surface area contributed by atoms with Crippen molar-refractivity contribution in [2.75, 3.05) is 32.8 Å². The Morgan fingerprint density at radius 3 is 2.71 bits per heavy atom. The third-order valence-corrected chi connectivity index (χ3v) is 8.95. The number of urea groups is 1. The zero-order valence-corrected chi connectivity index (χ0v) is 23.1. The molecule has 0 aliphatic carbocycles. The molecule has 41 heavy (non-hydrogen) atoms. The number of carbonyl (C=O) groups is 3. The van der Waals surface area contributed by atoms with Crippen LogP contribution in [-0.2, 0) is 10.2 Å². The normalized spacial score (nSPS) is 31.0. The van der Waals surface area contributed by atoms with Gasteiger partial charge in [-0.3, -0.25) is 14.5 Å². The zero-order chi connectivity index (χ0) is 29.5. The lowest BCUT2D eigenvalue weighted by atomic mass is 9.79. The lowest BCUT2D eigenvalue weighted by Crippen LogP contribution is -2.78. The standard InChI is InChI=1S/C26H35N9O6/c1-4-33-12-17(36)34(23(33)38)10-15-19-25(32-21(27)31-19)26(39,40)16(11-35(25)22(28)29-15)30-20(37)13-6-5-7-14-18(13)41-9-8-24(14,2)3/h5-7,15-16,19,39-40H,4,8-12H2,1-3H3,(H2,28,29)(H,30,37)(H3,27,31,32)/t15-,16?,19-,25-/m0/s1. The van der Waals surface area contributed by atoms with Crippen molar-refractivity contribution in [2.45, 2.75) is 62.2 Å². The number of para-hydroxylation sites is 1. The van der Waals surface area contributed by atoms with E-state index in [1.54, 1.807) is 19.1 Å². The Kier molecular flexibility index (Phi) is 5.91. The Morgan fingerprint density at radius 1 is 1.24 bits per heavy atom. The Balaban J connectivity index is 1.30. The number of rotatable bonds is 5. The van der Waals surface area contributed by atoms with Crippen molar-refractivity contribution in [2.24, 2.45) is 21.5 Å². The number of nitrogens with two attached hydrogens (primary N) is 2. The van der Waals surface area contributed by atoms with Crippen LogP contribution in [0.5, 0.6) is 5.75 Å². The highest BCUT2D eigenvalue weighted by atomic mass is 16.5. The first-order valence-corrected chi connectivity index (χ1v) is 13.7. The van der Waals surface area contributed by atoms with E-state index in [9.17, 15) is 24.6 Å². The number of nitrogens with one attached hydrogen (secondary N) is 2. The van der Waals surface area contributed by atoms with Crippen LogP contribution < -0.4 is 26.8 Å². The van der Waals surface area contributed by atoms with E-state index in [0.29, 0.717) is 18.9 Å². The Hall–Kier alpha value is -4.11. The highest BCUT2D eigenvalue weighted by Crippen LogP contribution is 2.45. The van der Waals surface area contributed by atoms with Gasteiger partial charge in [0.05, 0.1) is 24.8 Å². The van der Waals surface area contributed by atoms with Gasteiger partial charge in [-0.05, 0) is 24.8 Å². The summed E-state index contributed by atoms with van der Waals surface area (Å²) in [6.07, 6.45) is 0.793. The van der Waals surface area contributed by atoms with Crippen LogP contribution >= 0.6 is 0 Å². The van der Waals surface area contributed by atoms with Crippen LogP contribution in [0, 0.1) is 0 Å². The van der Waals surface area contributed by atoms with Gasteiger partial charge in [0.15, 0.2) is 17.6 Å². The van der Waals surface area contributed by atoms with Crippen LogP contribution in [-0.4, -0.2) is 117 Å². The van der Waals surface area contributed by atoms with E-state index in [2.05, 4.69) is 34.5 Å². The number of ether oxygens (including phenoxy) is 1. The third-order valence-electron chi connectivity index (χ3n) is 8.95. The summed E-state index contributed by atoms with van der Waals surface area (Å²) >= 11 is 0. The minimum Gasteiger partial charge on any atom is -0.492 e. The quantitative estimate of drug-likeness (QED) is 0.166. The van der Waals surface area contributed by atoms with Gasteiger partial charge in [-0.15, -0.1) is 0 Å². The second-order valence-electron chi connectivity index (χ2n) is 11.7. The van der Waals surface area contributed by atoms with E-state index >= 15 is 0 Å². The molecule has 220 valence electrons. The number of nitrogens with zero attached hydrogens (tertiary/aromatic N) is 5. The van der Waals surface area contributed by atoms with Crippen LogP contribution in [0.25, 0.3) is 0 Å². The van der Waals surface area contributed by atoms with Crippen molar-refractivity contribution in [3.63, 3.8) is 0 Å². The predicted octanol–water partition coefficient (Wildman–Crippen LogP) is -2.19. The van der Waals surface area contributed by atoms with Gasteiger partial charge in [-0.2, -0.15) is 0 Å². The number of aliphatic hydroxyl groups is 2. The molecule has 15 nitrogen and oxygen atoms in total. The topological polar surface area (TPSA) is 211 Å². The van der Waals surface area contributed by atoms with E-state index in [0.717, 1.165) is 16.9 Å². The number of hydrogen-bond donors (Lipinski definition) is 6. The van der Waals surface area contributed by atoms with E-state index < -0.39 is 47.4 Å². The Bertz CT molecular complexity index is 1390. The molecule has 0 bridgehead atoms. The highest BCUT2D eigenvalue weighted by Gasteiger charge is 2.73. The number of fused-ring (bicyclic) bond motifs is 1. The molecule has 15 heteroatoms. The molecule has 4 amide bonds. The van der Waals surface area contributed by atoms with Crippen LogP contribution in [0.4, 0.5) is 4.79 Å². The van der Waals surface area contributed by atoms with E-state index in [4.69, 9.17) is 16.2 Å². The fraction of sp³-hybridized carbons (Fsp3) is 0.577. The SMILES string of the molecule is CCN1CC(=O)N(C[C@@H]2N=C(N)N3CC(NC(=O)c4cccc5c4OCCC5(C)C)C(O)(O)[C@@]34NC(N)=N[C@@H]24)C1=O. The van der Waals surface area contributed by atoms with Crippen molar-refractivity contribution in [1.82, 2.24) is 25.3 Å². The summed E-state index contributed by atoms with van der Waals surface area (Å²) in [7, 11) is 0. The maximum atomic E-state index is 13.6. The average Bonchev–Trinajstić information content (AvgIpc) is 3.49. The fourth-order valence-corrected chi connectivity index (χ4v) is 6.63. The smallest absolute Gasteiger partial charge is 0.327 e. The predicted molar refractivity (Wildman–Crippen MR) is 146 cm³/mol. The number of likely N-dealkylation sites (N-methyl/N-ethyl adjacent to an activating group) is 1. The van der Waals surface area contributed by atoms with E-state index in [-0.39, 0.29) is 42.5 Å². The average molecular weight is 570 g/mol. The minimum absolute atomic E-state index is 0.0605. The second-order valence-corrected chi connectivity index (χ2v) is 11.7. The number of carbonyl (C=O) groups excluding carboxylic acids is 3. The van der Waals surface area contributed by atoms with Crippen LogP contribution in [0.1, 0.15) is 43.1 Å². The summed E-state index contributed by atoms with van der Waals surface area (Å²) in [5.41, 5.74) is 11.5. The Morgan fingerprint density at radius 2 is 2.00 bits per heavy atom. The first-order valence-electron chi connectivity index (χ1n) is 13.7. The van der Waals surface area contributed by atoms with Crippen molar-refractivity contribution in [1.29, 1.82) is 0 Å². The summed E-state index contributed by atoms with van der Waals surface area (Å²) in [6, 6.07) is 1.58. The minimum atomic E-state index is -2.67. The molecule has 0 aromatic heterocycles. The van der Waals surface area contributed by atoms with Crippen molar-refractivity contribution < 1.29 is 29.3 Å². The van der Waals surface area contributed by atoms with Crippen molar-refractivity contribution in [3.05, 3.63) is 29.3 Å². The number of hydrogen-bond acceptors (Lipinski definition) is 12. The highest BCUT2D eigenvalue weighted by molar-refractivity contribution is 6.02. The monoisotopic (exact) mass is 569 g/mol. The molecule has 1 aromatic carbocycles. The van der Waals surface area contributed by atoms with E-state index in [1.165, 1.54) is 9.80 Å². The first kappa shape index (κ1) is 27.1. The van der Waals surface area contributed by atoms with Gasteiger partial charge >= 0.3 is 6.03 Å².